The van der Waals surface area contributed by atoms with Gasteiger partial charge in [0, 0.05) is 47.1 Å². The van der Waals surface area contributed by atoms with Crippen molar-refractivity contribution in [1.29, 1.82) is 0 Å². The molecule has 1 unspecified atom stereocenters. The first-order valence-electron chi connectivity index (χ1n) is 5.95. The molecule has 3 rings (SSSR count). The lowest BCUT2D eigenvalue weighted by molar-refractivity contribution is 0.583. The molecular formula is C13H13BrN4S. The lowest BCUT2D eigenvalue weighted by atomic mass is 10.0. The molecule has 0 spiro atoms. The smallest absolute Gasteiger partial charge is 0.193 e. The summed E-state index contributed by atoms with van der Waals surface area (Å²) in [6.07, 6.45) is 8.66. The molecule has 0 saturated heterocycles. The van der Waals surface area contributed by atoms with Gasteiger partial charge in [-0.25, -0.2) is 4.98 Å². The van der Waals surface area contributed by atoms with Gasteiger partial charge in [0.1, 0.15) is 0 Å². The number of pyridine rings is 1. The number of aromatic nitrogens is 3. The molecule has 0 aliphatic carbocycles. The molecule has 98 valence electrons. The Kier molecular flexibility index (Phi) is 3.63. The van der Waals surface area contributed by atoms with Crippen LogP contribution in [0.2, 0.25) is 0 Å². The third kappa shape index (κ3) is 2.70. The van der Waals surface area contributed by atoms with Crippen LogP contribution in [0.5, 0.6) is 0 Å². The van der Waals surface area contributed by atoms with Crippen molar-refractivity contribution >= 4 is 32.2 Å². The van der Waals surface area contributed by atoms with E-state index in [9.17, 15) is 0 Å². The monoisotopic (exact) mass is 336 g/mol. The van der Waals surface area contributed by atoms with Gasteiger partial charge in [0.15, 0.2) is 4.96 Å². The first kappa shape index (κ1) is 12.8. The number of thiazole rings is 1. The Labute approximate surface area is 123 Å². The first-order valence-corrected chi connectivity index (χ1v) is 7.62. The Morgan fingerprint density at radius 3 is 3.11 bits per heavy atom. The van der Waals surface area contributed by atoms with Crippen molar-refractivity contribution in [3.8, 4) is 0 Å². The summed E-state index contributed by atoms with van der Waals surface area (Å²) in [7, 11) is 1.96. The van der Waals surface area contributed by atoms with Gasteiger partial charge in [-0.05, 0) is 34.6 Å². The number of hydrogen-bond acceptors (Lipinski definition) is 4. The molecular weight excluding hydrogens is 324 g/mol. The number of likely N-dealkylation sites (N-methyl/N-ethyl adjacent to an activating group) is 1. The molecule has 4 nitrogen and oxygen atoms in total. The van der Waals surface area contributed by atoms with Crippen LogP contribution in [-0.2, 0) is 6.42 Å². The maximum Gasteiger partial charge on any atom is 0.193 e. The Balaban J connectivity index is 1.85. The maximum absolute atomic E-state index is 4.62. The molecule has 0 radical (unpaired) electrons. The average Bonchev–Trinajstić information content (AvgIpc) is 2.96. The number of imidazole rings is 1. The molecule has 19 heavy (non-hydrogen) atoms. The van der Waals surface area contributed by atoms with Crippen LogP contribution >= 0.6 is 27.3 Å². The highest BCUT2D eigenvalue weighted by Crippen LogP contribution is 2.21. The zero-order chi connectivity index (χ0) is 13.2. The number of halogens is 1. The van der Waals surface area contributed by atoms with Crippen LogP contribution in [0.1, 0.15) is 17.3 Å². The second kappa shape index (κ2) is 5.40. The molecule has 0 bridgehead atoms. The van der Waals surface area contributed by atoms with Gasteiger partial charge < -0.3 is 5.32 Å². The van der Waals surface area contributed by atoms with Crippen molar-refractivity contribution in [1.82, 2.24) is 19.7 Å². The zero-order valence-corrected chi connectivity index (χ0v) is 12.8. The summed E-state index contributed by atoms with van der Waals surface area (Å²) in [4.78, 5) is 9.87. The lowest BCUT2D eigenvalue weighted by Gasteiger charge is -2.15. The predicted octanol–water partition coefficient (Wildman–Crippen LogP) is 3.06. The summed E-state index contributed by atoms with van der Waals surface area (Å²) in [5.74, 6) is 0. The van der Waals surface area contributed by atoms with Gasteiger partial charge in [-0.15, -0.1) is 11.3 Å². The van der Waals surface area contributed by atoms with Crippen LogP contribution < -0.4 is 5.32 Å². The van der Waals surface area contributed by atoms with Crippen LogP contribution in [0.4, 0.5) is 0 Å². The largest absolute Gasteiger partial charge is 0.313 e. The van der Waals surface area contributed by atoms with Crippen LogP contribution in [-0.4, -0.2) is 21.4 Å². The molecule has 3 heterocycles. The van der Waals surface area contributed by atoms with E-state index < -0.39 is 0 Å². The fourth-order valence-corrected chi connectivity index (χ4v) is 3.19. The van der Waals surface area contributed by atoms with E-state index in [2.05, 4.69) is 47.9 Å². The normalized spacial score (nSPS) is 12.9. The number of nitrogens with one attached hydrogen (secondary N) is 1. The van der Waals surface area contributed by atoms with E-state index in [4.69, 9.17) is 0 Å². The summed E-state index contributed by atoms with van der Waals surface area (Å²) in [6.45, 7) is 0. The van der Waals surface area contributed by atoms with Gasteiger partial charge in [0.05, 0.1) is 5.69 Å². The molecule has 0 aliphatic rings. The van der Waals surface area contributed by atoms with Gasteiger partial charge >= 0.3 is 0 Å². The van der Waals surface area contributed by atoms with E-state index in [-0.39, 0.29) is 6.04 Å². The van der Waals surface area contributed by atoms with Gasteiger partial charge in [-0.2, -0.15) is 0 Å². The van der Waals surface area contributed by atoms with Gasteiger partial charge in [0.25, 0.3) is 0 Å². The summed E-state index contributed by atoms with van der Waals surface area (Å²) in [5.41, 5.74) is 2.25. The Bertz CT molecular complexity index is 662. The van der Waals surface area contributed by atoms with Crippen molar-refractivity contribution in [3.05, 3.63) is 52.0 Å². The summed E-state index contributed by atoms with van der Waals surface area (Å²) >= 11 is 5.11. The Morgan fingerprint density at radius 2 is 2.37 bits per heavy atom. The van der Waals surface area contributed by atoms with E-state index in [0.29, 0.717) is 0 Å². The molecule has 1 N–H and O–H groups in total. The minimum atomic E-state index is 0.217. The fourth-order valence-electron chi connectivity index (χ4n) is 2.09. The number of nitrogens with zero attached hydrogens (tertiary/aromatic N) is 3. The first-order chi connectivity index (χ1) is 9.26. The van der Waals surface area contributed by atoms with Crippen molar-refractivity contribution in [2.75, 3.05) is 7.05 Å². The molecule has 0 fully saturated rings. The highest BCUT2D eigenvalue weighted by molar-refractivity contribution is 9.10. The van der Waals surface area contributed by atoms with E-state index in [1.54, 1.807) is 17.5 Å². The minimum absolute atomic E-state index is 0.217. The predicted molar refractivity (Wildman–Crippen MR) is 80.5 cm³/mol. The molecule has 6 heteroatoms. The average molecular weight is 337 g/mol. The zero-order valence-electron chi connectivity index (χ0n) is 10.4. The SMILES string of the molecule is CNC(Cc1cn2ccsc2n1)c1cncc(Br)c1. The summed E-state index contributed by atoms with van der Waals surface area (Å²) < 4.78 is 3.06. The standard InChI is InChI=1S/C13H13BrN4S/c1-15-12(9-4-10(14)7-16-6-9)5-11-8-18-2-3-19-13(18)17-11/h2-4,6-8,12,15H,5H2,1H3. The van der Waals surface area contributed by atoms with E-state index in [1.165, 1.54) is 0 Å². The van der Waals surface area contributed by atoms with E-state index in [0.717, 1.165) is 27.1 Å². The summed E-state index contributed by atoms with van der Waals surface area (Å²) in [6, 6.07) is 2.31. The van der Waals surface area contributed by atoms with E-state index >= 15 is 0 Å². The molecule has 3 aromatic rings. The molecule has 0 aliphatic heterocycles. The quantitative estimate of drug-likeness (QED) is 0.796. The van der Waals surface area contributed by atoms with Crippen molar-refractivity contribution in [2.45, 2.75) is 12.5 Å². The highest BCUT2D eigenvalue weighted by atomic mass is 79.9. The van der Waals surface area contributed by atoms with Gasteiger partial charge in [-0.1, -0.05) is 0 Å². The maximum atomic E-state index is 4.62. The van der Waals surface area contributed by atoms with E-state index in [1.807, 2.05) is 24.8 Å². The summed E-state index contributed by atoms with van der Waals surface area (Å²) in [5, 5.41) is 5.37. The van der Waals surface area contributed by atoms with Crippen LogP contribution in [0.3, 0.4) is 0 Å². The topological polar surface area (TPSA) is 42.2 Å². The van der Waals surface area contributed by atoms with Crippen LogP contribution in [0.25, 0.3) is 4.96 Å². The molecule has 0 saturated carbocycles. The van der Waals surface area contributed by atoms with Crippen molar-refractivity contribution in [3.63, 3.8) is 0 Å². The second-order valence-electron chi connectivity index (χ2n) is 4.31. The van der Waals surface area contributed by atoms with Crippen molar-refractivity contribution in [2.24, 2.45) is 0 Å². The fraction of sp³-hybridized carbons (Fsp3) is 0.231. The minimum Gasteiger partial charge on any atom is -0.313 e. The van der Waals surface area contributed by atoms with Crippen molar-refractivity contribution < 1.29 is 0 Å². The number of fused-ring (bicyclic) bond motifs is 1. The highest BCUT2D eigenvalue weighted by Gasteiger charge is 2.13. The van der Waals surface area contributed by atoms with Gasteiger partial charge in [-0.3, -0.25) is 9.38 Å². The molecule has 3 aromatic heterocycles. The Morgan fingerprint density at radius 1 is 1.47 bits per heavy atom. The second-order valence-corrected chi connectivity index (χ2v) is 6.10. The van der Waals surface area contributed by atoms with Crippen LogP contribution in [0, 0.1) is 0 Å². The molecule has 0 amide bonds. The lowest BCUT2D eigenvalue weighted by Crippen LogP contribution is -2.19. The third-order valence-corrected chi connectivity index (χ3v) is 4.24. The Hall–Kier alpha value is -1.24. The van der Waals surface area contributed by atoms with Gasteiger partial charge in [0.2, 0.25) is 0 Å². The van der Waals surface area contributed by atoms with Crippen LogP contribution in [0.15, 0.2) is 40.7 Å². The number of rotatable bonds is 4. The molecule has 1 atom stereocenters. The third-order valence-electron chi connectivity index (χ3n) is 3.03. The number of hydrogen-bond donors (Lipinski definition) is 1. The molecule has 0 aromatic carbocycles.